The van der Waals surface area contributed by atoms with E-state index in [-0.39, 0.29) is 63.4 Å². The third-order valence-electron chi connectivity index (χ3n) is 4.88. The maximum atomic E-state index is 9.28. The van der Waals surface area contributed by atoms with Crippen molar-refractivity contribution in [2.24, 2.45) is 0 Å². The van der Waals surface area contributed by atoms with Gasteiger partial charge in [0.2, 0.25) is 29.7 Å². The van der Waals surface area contributed by atoms with Gasteiger partial charge in [0.05, 0.1) is 0 Å². The summed E-state index contributed by atoms with van der Waals surface area (Å²) in [5.74, 6) is 2.85. The Balaban J connectivity index is 1.64. The molecule has 0 spiro atoms. The van der Waals surface area contributed by atoms with E-state index in [1.165, 1.54) is 0 Å². The van der Waals surface area contributed by atoms with E-state index in [0.29, 0.717) is 61.8 Å². The van der Waals surface area contributed by atoms with Gasteiger partial charge in [-0.25, -0.2) is 4.98 Å². The molecule has 0 amide bonds. The van der Waals surface area contributed by atoms with Crippen molar-refractivity contribution in [2.75, 3.05) is 60.2 Å². The topological polar surface area (TPSA) is 277 Å². The molecule has 3 heterocycles. The second-order valence-electron chi connectivity index (χ2n) is 7.67. The zero-order chi connectivity index (χ0) is 27.9. The van der Waals surface area contributed by atoms with Gasteiger partial charge in [0.25, 0.3) is 0 Å². The third-order valence-corrected chi connectivity index (χ3v) is 4.88. The van der Waals surface area contributed by atoms with Crippen LogP contribution < -0.4 is 26.6 Å². The second-order valence-corrected chi connectivity index (χ2v) is 7.67. The molecule has 0 radical (unpaired) electrons. The predicted octanol–water partition coefficient (Wildman–Crippen LogP) is -2.60. The van der Waals surface area contributed by atoms with Crippen LogP contribution in [0.3, 0.4) is 0 Å². The number of hydrogen-bond donors (Lipinski definition) is 10. The van der Waals surface area contributed by atoms with Crippen LogP contribution in [0.25, 0.3) is 0 Å². The normalized spacial score (nSPS) is 10.8. The summed E-state index contributed by atoms with van der Waals surface area (Å²) in [4.78, 5) is 38.2. The van der Waals surface area contributed by atoms with Crippen LogP contribution in [0.5, 0.6) is 0 Å². The lowest BCUT2D eigenvalue weighted by molar-refractivity contribution is 0.322. The summed E-state index contributed by atoms with van der Waals surface area (Å²) in [5, 5.41) is 58.7. The molecule has 0 saturated heterocycles. The number of nitrogens with zero attached hydrogens (tertiary/aromatic N) is 9. The van der Waals surface area contributed by atoms with Gasteiger partial charge in [0.1, 0.15) is 57.0 Å². The Morgan fingerprint density at radius 2 is 0.564 bits per heavy atom. The monoisotopic (exact) mass is 548 g/mol. The minimum Gasteiger partial charge on any atom is -0.376 e. The molecule has 0 saturated carbocycles. The van der Waals surface area contributed by atoms with E-state index >= 15 is 0 Å². The first-order valence-electron chi connectivity index (χ1n) is 12.0. The van der Waals surface area contributed by atoms with E-state index in [0.717, 1.165) is 0 Å². The van der Waals surface area contributed by atoms with Crippen molar-refractivity contribution >= 4 is 29.7 Å². The Morgan fingerprint density at radius 3 is 0.821 bits per heavy atom. The molecular weight excluding hydrogens is 516 g/mol. The zero-order valence-electron chi connectivity index (χ0n) is 21.0. The quantitative estimate of drug-likeness (QED) is 0.0729. The number of anilines is 5. The van der Waals surface area contributed by atoms with Gasteiger partial charge >= 0.3 is 0 Å². The van der Waals surface area contributed by atoms with Crippen molar-refractivity contribution in [3.63, 3.8) is 0 Å². The van der Waals surface area contributed by atoms with Gasteiger partial charge in [-0.3, -0.25) is 0 Å². The third kappa shape index (κ3) is 9.90. The number of aryl methyl sites for hydroxylation is 4. The standard InChI is InChI=1S/C20H32N14O5/c35-7-21-16-27-12(3-1-5-14-29-17(22-8-36)33-18(30-14)23-9-37)26-13(28-16)4-2-6-15-31-19(24-10-38)34-20(32-15)25-11-39/h35-39H,1-11H2,(H,21,26,27,28)(H2,22,23,29,30,33)(H2,24,25,31,32,34). The van der Waals surface area contributed by atoms with Gasteiger partial charge in [0, 0.05) is 25.7 Å². The van der Waals surface area contributed by atoms with E-state index < -0.39 is 0 Å². The number of aliphatic hydroxyl groups excluding tert-OH is 5. The van der Waals surface area contributed by atoms with Gasteiger partial charge in [-0.15, -0.1) is 0 Å². The summed E-state index contributed by atoms with van der Waals surface area (Å²) < 4.78 is 0. The highest BCUT2D eigenvalue weighted by molar-refractivity contribution is 5.34. The van der Waals surface area contributed by atoms with E-state index in [1.54, 1.807) is 0 Å². The molecule has 3 aromatic heterocycles. The molecule has 0 atom stereocenters. The Labute approximate surface area is 222 Å². The molecule has 0 unspecified atom stereocenters. The first-order chi connectivity index (χ1) is 19.1. The van der Waals surface area contributed by atoms with E-state index in [9.17, 15) is 5.11 Å². The average Bonchev–Trinajstić information content (AvgIpc) is 2.90. The van der Waals surface area contributed by atoms with E-state index in [1.807, 2.05) is 0 Å². The van der Waals surface area contributed by atoms with Crippen molar-refractivity contribution in [1.82, 2.24) is 44.9 Å². The number of hydrogen-bond acceptors (Lipinski definition) is 19. The molecule has 0 aromatic carbocycles. The molecular formula is C20H32N14O5. The minimum atomic E-state index is -0.356. The SMILES string of the molecule is OCNc1nc(CCCc2nc(NCO)nc(NCO)n2)nc(CCCc2nc(NCO)nc(NCO)n2)n1. The summed E-state index contributed by atoms with van der Waals surface area (Å²) in [6.07, 6.45) is 2.98. The minimum absolute atomic E-state index is 0.173. The van der Waals surface area contributed by atoms with Crippen molar-refractivity contribution in [2.45, 2.75) is 38.5 Å². The Hall–Kier alpha value is -4.17. The predicted molar refractivity (Wildman–Crippen MR) is 137 cm³/mol. The molecule has 212 valence electrons. The number of nitrogens with one attached hydrogen (secondary N) is 5. The molecule has 0 aliphatic carbocycles. The first kappa shape index (κ1) is 29.4. The maximum absolute atomic E-state index is 9.28. The highest BCUT2D eigenvalue weighted by Gasteiger charge is 2.11. The summed E-state index contributed by atoms with van der Waals surface area (Å²) in [6, 6.07) is 0. The van der Waals surface area contributed by atoms with Crippen LogP contribution in [-0.2, 0) is 25.7 Å². The van der Waals surface area contributed by atoms with Crippen molar-refractivity contribution in [3.05, 3.63) is 23.3 Å². The van der Waals surface area contributed by atoms with Gasteiger partial charge in [-0.05, 0) is 12.8 Å². The zero-order valence-corrected chi connectivity index (χ0v) is 21.0. The fourth-order valence-electron chi connectivity index (χ4n) is 3.31. The highest BCUT2D eigenvalue weighted by atomic mass is 16.3. The van der Waals surface area contributed by atoms with Gasteiger partial charge < -0.3 is 52.1 Å². The maximum Gasteiger partial charge on any atom is 0.229 e. The van der Waals surface area contributed by atoms with Gasteiger partial charge in [-0.2, -0.15) is 39.9 Å². The molecule has 19 nitrogen and oxygen atoms in total. The van der Waals surface area contributed by atoms with E-state index in [2.05, 4.69) is 71.4 Å². The molecule has 3 rings (SSSR count). The smallest absolute Gasteiger partial charge is 0.229 e. The number of aliphatic hydroxyl groups is 5. The molecule has 0 aliphatic rings. The van der Waals surface area contributed by atoms with Gasteiger partial charge in [0.15, 0.2) is 0 Å². The van der Waals surface area contributed by atoms with Crippen LogP contribution in [0.1, 0.15) is 36.1 Å². The lowest BCUT2D eigenvalue weighted by atomic mass is 10.2. The Bertz CT molecular complexity index is 1040. The molecule has 39 heavy (non-hydrogen) atoms. The number of aromatic nitrogens is 9. The molecule has 0 aliphatic heterocycles. The second kappa shape index (κ2) is 15.9. The Morgan fingerprint density at radius 1 is 0.333 bits per heavy atom. The highest BCUT2D eigenvalue weighted by Crippen LogP contribution is 2.12. The van der Waals surface area contributed by atoms with Crippen molar-refractivity contribution < 1.29 is 25.5 Å². The Kier molecular flexibility index (Phi) is 12.0. The first-order valence-corrected chi connectivity index (χ1v) is 12.0. The van der Waals surface area contributed by atoms with Crippen LogP contribution in [0.4, 0.5) is 29.7 Å². The van der Waals surface area contributed by atoms with Crippen LogP contribution >= 0.6 is 0 Å². The fourth-order valence-corrected chi connectivity index (χ4v) is 3.31. The van der Waals surface area contributed by atoms with Crippen molar-refractivity contribution in [3.8, 4) is 0 Å². The summed E-state index contributed by atoms with van der Waals surface area (Å²) in [6.45, 7) is -1.77. The lowest BCUT2D eigenvalue weighted by Gasteiger charge is -2.09. The van der Waals surface area contributed by atoms with Gasteiger partial charge in [-0.1, -0.05) is 0 Å². The van der Waals surface area contributed by atoms with Crippen LogP contribution in [0.2, 0.25) is 0 Å². The molecule has 0 fully saturated rings. The van der Waals surface area contributed by atoms with Crippen LogP contribution in [-0.4, -0.2) is 104 Å². The molecule has 10 N–H and O–H groups in total. The van der Waals surface area contributed by atoms with Crippen molar-refractivity contribution in [1.29, 1.82) is 0 Å². The fraction of sp³-hybridized carbons (Fsp3) is 0.550. The average molecular weight is 549 g/mol. The summed E-state index contributed by atoms with van der Waals surface area (Å²) in [7, 11) is 0. The van der Waals surface area contributed by atoms with E-state index in [4.69, 9.17) is 20.4 Å². The largest absolute Gasteiger partial charge is 0.376 e. The van der Waals surface area contributed by atoms with Crippen LogP contribution in [0.15, 0.2) is 0 Å². The summed E-state index contributed by atoms with van der Waals surface area (Å²) in [5.41, 5.74) is 0. The molecule has 19 heteroatoms. The lowest BCUT2D eigenvalue weighted by Crippen LogP contribution is -2.14. The molecule has 3 aromatic rings. The number of rotatable bonds is 18. The summed E-state index contributed by atoms with van der Waals surface area (Å²) >= 11 is 0. The van der Waals surface area contributed by atoms with Crippen LogP contribution in [0, 0.1) is 0 Å². The molecule has 0 bridgehead atoms.